The summed E-state index contributed by atoms with van der Waals surface area (Å²) in [5, 5.41) is 0. The summed E-state index contributed by atoms with van der Waals surface area (Å²) in [7, 11) is -1.77. The number of piperidine rings is 1. The molecule has 2 aliphatic heterocycles. The maximum Gasteiger partial charge on any atom is 0.161 e. The number of ketones is 1. The molecule has 4 heteroatoms. The van der Waals surface area contributed by atoms with Crippen molar-refractivity contribution in [2.45, 2.75) is 39.0 Å². The molecule has 2 unspecified atom stereocenters. The van der Waals surface area contributed by atoms with Crippen LogP contribution in [-0.2, 0) is 11.2 Å². The number of rotatable bonds is 4. The van der Waals surface area contributed by atoms with Crippen LogP contribution in [0.1, 0.15) is 62.9 Å². The molecule has 1 aromatic carbocycles. The van der Waals surface area contributed by atoms with E-state index in [-0.39, 0.29) is 30.3 Å². The number of ether oxygens (including phenoxy) is 2. The zero-order chi connectivity index (χ0) is 28.5. The first kappa shape index (κ1) is 6.40. The SMILES string of the molecule is [2H]c1c2c(c([2H])c(OC([2H])([2H])[2H])c1OC)C1CC(=O)C(C([2H])([2H])C([2H])(C([2H])([2H])[2H])C([2H])([2H])[2H])CN1CC2. The highest BCUT2D eigenvalue weighted by atomic mass is 16.5. The molecular weight excluding hydrogens is 290 g/mol. The Morgan fingerprint density at radius 1 is 1.48 bits per heavy atom. The normalized spacial score (nSPS) is 36.0. The van der Waals surface area contributed by atoms with E-state index < -0.39 is 75.5 Å². The molecule has 1 saturated heterocycles. The highest BCUT2D eigenvalue weighted by molar-refractivity contribution is 5.83. The molecule has 1 fully saturated rings. The zero-order valence-electron chi connectivity index (χ0n) is 26.7. The minimum absolute atomic E-state index is 0.132. The van der Waals surface area contributed by atoms with Crippen molar-refractivity contribution in [2.75, 3.05) is 27.2 Å². The van der Waals surface area contributed by atoms with Crippen molar-refractivity contribution in [3.8, 4) is 11.5 Å². The lowest BCUT2D eigenvalue weighted by Gasteiger charge is -2.43. The van der Waals surface area contributed by atoms with E-state index in [0.717, 1.165) is 0 Å². The van der Waals surface area contributed by atoms with Crippen LogP contribution in [0.4, 0.5) is 0 Å². The van der Waals surface area contributed by atoms with Gasteiger partial charge in [-0.1, -0.05) is 13.7 Å². The van der Waals surface area contributed by atoms with E-state index in [4.69, 9.17) is 28.7 Å². The molecule has 126 valence electrons. The first-order chi connectivity index (χ1) is 16.6. The van der Waals surface area contributed by atoms with Gasteiger partial charge in [-0.05, 0) is 41.9 Å². The fourth-order valence-corrected chi connectivity index (χ4v) is 3.23. The van der Waals surface area contributed by atoms with Crippen LogP contribution in [0, 0.1) is 11.8 Å². The Kier molecular flexibility index (Phi) is 1.81. The van der Waals surface area contributed by atoms with Gasteiger partial charge in [0, 0.05) is 43.8 Å². The first-order valence-electron chi connectivity index (χ1n) is 14.3. The van der Waals surface area contributed by atoms with Crippen molar-refractivity contribution >= 4 is 5.78 Å². The molecule has 2 aliphatic rings. The van der Waals surface area contributed by atoms with Crippen molar-refractivity contribution in [1.82, 2.24) is 4.90 Å². The molecule has 3 rings (SSSR count). The predicted molar refractivity (Wildman–Crippen MR) is 90.1 cm³/mol. The van der Waals surface area contributed by atoms with Crippen LogP contribution >= 0.6 is 0 Å². The van der Waals surface area contributed by atoms with Gasteiger partial charge in [-0.25, -0.2) is 0 Å². The summed E-state index contributed by atoms with van der Waals surface area (Å²) in [6.45, 7) is -7.45. The number of hydrogen-bond acceptors (Lipinski definition) is 4. The number of carbonyl (C=O) groups is 1. The van der Waals surface area contributed by atoms with Crippen LogP contribution in [0.25, 0.3) is 0 Å². The van der Waals surface area contributed by atoms with Crippen LogP contribution in [0.5, 0.6) is 11.5 Å². The van der Waals surface area contributed by atoms with Gasteiger partial charge in [0.25, 0.3) is 0 Å². The maximum absolute atomic E-state index is 13.3. The Balaban J connectivity index is 2.10. The van der Waals surface area contributed by atoms with E-state index in [1.807, 2.05) is 0 Å². The van der Waals surface area contributed by atoms with E-state index in [1.165, 1.54) is 7.11 Å². The minimum Gasteiger partial charge on any atom is -0.493 e. The first-order valence-corrected chi connectivity index (χ1v) is 7.26. The summed E-state index contributed by atoms with van der Waals surface area (Å²) in [6, 6.07) is -1.53. The van der Waals surface area contributed by atoms with E-state index in [0.29, 0.717) is 5.56 Å². The van der Waals surface area contributed by atoms with Crippen molar-refractivity contribution < 1.29 is 33.5 Å². The molecule has 2 atom stereocenters. The smallest absolute Gasteiger partial charge is 0.161 e. The lowest BCUT2D eigenvalue weighted by molar-refractivity contribution is -0.129. The van der Waals surface area contributed by atoms with Crippen LogP contribution in [0.2, 0.25) is 0 Å². The average molecular weight is 332 g/mol. The number of fused-ring (bicyclic) bond motifs is 3. The Labute approximate surface area is 158 Å². The number of Topliss-reactive ketones (excluding diaryl/α,β-unsaturated/α-hetero) is 1. The summed E-state index contributed by atoms with van der Waals surface area (Å²) >= 11 is 0. The van der Waals surface area contributed by atoms with Gasteiger partial charge in [0.05, 0.1) is 21.0 Å². The van der Waals surface area contributed by atoms with Gasteiger partial charge in [0.2, 0.25) is 0 Å². The van der Waals surface area contributed by atoms with Crippen LogP contribution < -0.4 is 9.47 Å². The molecule has 4 nitrogen and oxygen atoms in total. The Morgan fingerprint density at radius 2 is 2.30 bits per heavy atom. The molecule has 0 aromatic heterocycles. The number of carbonyl (C=O) groups excluding carboxylic acids is 1. The lowest BCUT2D eigenvalue weighted by Crippen LogP contribution is -2.46. The molecule has 2 heterocycles. The quantitative estimate of drug-likeness (QED) is 0.849. The van der Waals surface area contributed by atoms with Crippen LogP contribution in [0.15, 0.2) is 12.1 Å². The van der Waals surface area contributed by atoms with E-state index in [9.17, 15) is 4.79 Å². The third-order valence-corrected chi connectivity index (χ3v) is 4.29. The van der Waals surface area contributed by atoms with Crippen molar-refractivity contribution in [3.63, 3.8) is 0 Å². The second-order valence-electron chi connectivity index (χ2n) is 5.61. The maximum atomic E-state index is 13.3. The van der Waals surface area contributed by atoms with Gasteiger partial charge in [0.1, 0.15) is 5.78 Å². The third kappa shape index (κ3) is 3.09. The monoisotopic (exact) mass is 331 g/mol. The van der Waals surface area contributed by atoms with Gasteiger partial charge in [-0.3, -0.25) is 9.69 Å². The summed E-state index contributed by atoms with van der Waals surface area (Å²) < 4.78 is 121. The highest BCUT2D eigenvalue weighted by Crippen LogP contribution is 2.42. The van der Waals surface area contributed by atoms with Gasteiger partial charge in [-0.2, -0.15) is 0 Å². The molecule has 0 spiro atoms. The average Bonchev–Trinajstić information content (AvgIpc) is 2.73. The van der Waals surface area contributed by atoms with Gasteiger partial charge in [0.15, 0.2) is 11.5 Å². The standard InChI is InChI=1S/C19H27NO3/c1-12(2)7-14-11-20-6-5-13-8-18(22-3)19(23-4)9-15(13)16(20)10-17(14)21/h8-9,12,14,16H,5-7,10-11H2,1-4H3/i1D3,2D3,4D3,7D2,8D,9D,12D. The molecular formula is C19H27NO3. The Hall–Kier alpha value is -1.55. The third-order valence-electron chi connectivity index (χ3n) is 4.29. The molecule has 1 aromatic rings. The van der Waals surface area contributed by atoms with E-state index in [2.05, 4.69) is 0 Å². The van der Waals surface area contributed by atoms with Gasteiger partial charge in [-0.15, -0.1) is 0 Å². The molecule has 0 radical (unpaired) electrons. The number of benzene rings is 1. The fraction of sp³-hybridized carbons (Fsp3) is 0.632. The summed E-state index contributed by atoms with van der Waals surface area (Å²) in [4.78, 5) is 14.8. The topological polar surface area (TPSA) is 38.8 Å². The number of methoxy groups -OCH3 is 2. The molecule has 0 aliphatic carbocycles. The Morgan fingerprint density at radius 3 is 3.04 bits per heavy atom. The highest BCUT2D eigenvalue weighted by Gasteiger charge is 2.38. The van der Waals surface area contributed by atoms with Crippen LogP contribution in [-0.4, -0.2) is 37.9 Å². The van der Waals surface area contributed by atoms with E-state index in [1.54, 1.807) is 4.90 Å². The summed E-state index contributed by atoms with van der Waals surface area (Å²) in [5.74, 6) is -6.97. The fourth-order valence-electron chi connectivity index (χ4n) is 3.23. The molecule has 23 heavy (non-hydrogen) atoms. The van der Waals surface area contributed by atoms with Crippen LogP contribution in [0.3, 0.4) is 0 Å². The molecule has 0 N–H and O–H groups in total. The molecule has 0 bridgehead atoms. The number of nitrogens with zero attached hydrogens (tertiary/aromatic N) is 1. The van der Waals surface area contributed by atoms with Crippen molar-refractivity contribution in [2.24, 2.45) is 11.8 Å². The molecule has 0 saturated carbocycles. The summed E-state index contributed by atoms with van der Waals surface area (Å²) in [6.07, 6.45) is -3.62. The Bertz CT molecular complexity index is 1060. The van der Waals surface area contributed by atoms with Crippen molar-refractivity contribution in [3.05, 3.63) is 23.2 Å². The largest absolute Gasteiger partial charge is 0.493 e. The van der Waals surface area contributed by atoms with E-state index >= 15 is 0 Å². The van der Waals surface area contributed by atoms with Gasteiger partial charge >= 0.3 is 0 Å². The summed E-state index contributed by atoms with van der Waals surface area (Å²) in [5.41, 5.74) is 0.461. The molecule has 0 amide bonds. The van der Waals surface area contributed by atoms with Gasteiger partial charge < -0.3 is 9.47 Å². The number of hydrogen-bond donors (Lipinski definition) is 0. The minimum atomic E-state index is -3.60. The lowest BCUT2D eigenvalue weighted by atomic mass is 9.80. The second-order valence-corrected chi connectivity index (χ2v) is 5.61. The predicted octanol–water partition coefficient (Wildman–Crippen LogP) is 3.24. The second kappa shape index (κ2) is 6.52. The zero-order valence-corrected chi connectivity index (χ0v) is 12.7. The van der Waals surface area contributed by atoms with Crippen molar-refractivity contribution in [1.29, 1.82) is 0 Å².